The van der Waals surface area contributed by atoms with E-state index < -0.39 is 0 Å². The van der Waals surface area contributed by atoms with Gasteiger partial charge in [-0.15, -0.1) is 0 Å². The second kappa shape index (κ2) is 8.22. The molecule has 0 radical (unpaired) electrons. The number of pyridine rings is 1. The number of aromatic nitrogens is 1. The molecule has 1 aliphatic heterocycles. The fraction of sp³-hybridized carbons (Fsp3) is 0.688. The van der Waals surface area contributed by atoms with Crippen molar-refractivity contribution in [2.75, 3.05) is 33.3 Å². The van der Waals surface area contributed by atoms with Crippen LogP contribution in [0.5, 0.6) is 5.75 Å². The van der Waals surface area contributed by atoms with E-state index in [2.05, 4.69) is 28.2 Å². The van der Waals surface area contributed by atoms with Gasteiger partial charge >= 0.3 is 0 Å². The van der Waals surface area contributed by atoms with Crippen molar-refractivity contribution in [3.05, 3.63) is 24.0 Å². The number of rotatable bonds is 7. The molecule has 112 valence electrons. The molecule has 1 atom stereocenters. The number of piperidine rings is 1. The standard InChI is InChI=1S/C16H27N3O/c1-3-15(17-2)16-8-7-14(13-18-16)20-12-11-19-9-5-4-6-10-19/h7-8,13,15,17H,3-6,9-12H2,1-2H3. The topological polar surface area (TPSA) is 37.4 Å². The van der Waals surface area contributed by atoms with E-state index in [9.17, 15) is 0 Å². The van der Waals surface area contributed by atoms with E-state index in [0.717, 1.165) is 31.0 Å². The van der Waals surface area contributed by atoms with Crippen LogP contribution in [0, 0.1) is 0 Å². The normalized spacial score (nSPS) is 17.9. The summed E-state index contributed by atoms with van der Waals surface area (Å²) in [6.07, 6.45) is 6.92. The van der Waals surface area contributed by atoms with Crippen molar-refractivity contribution in [3.63, 3.8) is 0 Å². The van der Waals surface area contributed by atoms with Crippen molar-refractivity contribution < 1.29 is 4.74 Å². The lowest BCUT2D eigenvalue weighted by Crippen LogP contribution is -2.33. The zero-order valence-electron chi connectivity index (χ0n) is 12.8. The molecule has 0 spiro atoms. The zero-order chi connectivity index (χ0) is 14.2. The summed E-state index contributed by atoms with van der Waals surface area (Å²) in [6.45, 7) is 6.38. The van der Waals surface area contributed by atoms with Gasteiger partial charge in [0.25, 0.3) is 0 Å². The van der Waals surface area contributed by atoms with Gasteiger partial charge in [0.2, 0.25) is 0 Å². The van der Waals surface area contributed by atoms with Crippen molar-refractivity contribution in [2.45, 2.75) is 38.6 Å². The fourth-order valence-electron chi connectivity index (χ4n) is 2.72. The van der Waals surface area contributed by atoms with E-state index in [1.807, 2.05) is 19.3 Å². The zero-order valence-corrected chi connectivity index (χ0v) is 12.8. The number of hydrogen-bond donors (Lipinski definition) is 1. The molecule has 0 saturated carbocycles. The summed E-state index contributed by atoms with van der Waals surface area (Å²) in [7, 11) is 1.97. The first-order chi connectivity index (χ1) is 9.83. The van der Waals surface area contributed by atoms with Crippen LogP contribution in [0.4, 0.5) is 0 Å². The minimum Gasteiger partial charge on any atom is -0.491 e. The van der Waals surface area contributed by atoms with E-state index in [-0.39, 0.29) is 0 Å². The molecule has 1 aromatic heterocycles. The van der Waals surface area contributed by atoms with Crippen LogP contribution < -0.4 is 10.1 Å². The fourth-order valence-corrected chi connectivity index (χ4v) is 2.72. The van der Waals surface area contributed by atoms with Gasteiger partial charge in [-0.3, -0.25) is 9.88 Å². The van der Waals surface area contributed by atoms with E-state index in [4.69, 9.17) is 4.74 Å². The van der Waals surface area contributed by atoms with Gasteiger partial charge in [-0.25, -0.2) is 0 Å². The van der Waals surface area contributed by atoms with Crippen molar-refractivity contribution in [1.82, 2.24) is 15.2 Å². The molecule has 1 N–H and O–H groups in total. The quantitative estimate of drug-likeness (QED) is 0.831. The van der Waals surface area contributed by atoms with Gasteiger partial charge < -0.3 is 10.1 Å². The third kappa shape index (κ3) is 4.46. The van der Waals surface area contributed by atoms with E-state index in [0.29, 0.717) is 6.04 Å². The van der Waals surface area contributed by atoms with Gasteiger partial charge in [0, 0.05) is 12.6 Å². The average Bonchev–Trinajstić information content (AvgIpc) is 2.51. The molecule has 1 saturated heterocycles. The lowest BCUT2D eigenvalue weighted by Gasteiger charge is -2.26. The molecule has 0 bridgehead atoms. The highest BCUT2D eigenvalue weighted by atomic mass is 16.5. The molecule has 0 aromatic carbocycles. The molecule has 4 heteroatoms. The number of nitrogens with one attached hydrogen (secondary N) is 1. The average molecular weight is 277 g/mol. The Balaban J connectivity index is 1.75. The first-order valence-electron chi connectivity index (χ1n) is 7.82. The molecule has 0 aliphatic carbocycles. The van der Waals surface area contributed by atoms with Crippen LogP contribution in [0.1, 0.15) is 44.3 Å². The lowest BCUT2D eigenvalue weighted by molar-refractivity contribution is 0.183. The Morgan fingerprint density at radius 3 is 2.70 bits per heavy atom. The SMILES string of the molecule is CCC(NC)c1ccc(OCCN2CCCCC2)cn1. The van der Waals surface area contributed by atoms with Crippen molar-refractivity contribution in [1.29, 1.82) is 0 Å². The summed E-state index contributed by atoms with van der Waals surface area (Å²) >= 11 is 0. The maximum Gasteiger partial charge on any atom is 0.137 e. The Labute approximate surface area is 122 Å². The highest BCUT2D eigenvalue weighted by Crippen LogP contribution is 2.17. The Bertz CT molecular complexity index is 370. The van der Waals surface area contributed by atoms with Crippen LogP contribution >= 0.6 is 0 Å². The van der Waals surface area contributed by atoms with Crippen molar-refractivity contribution in [2.24, 2.45) is 0 Å². The number of nitrogens with zero attached hydrogens (tertiary/aromatic N) is 2. The molecule has 1 aromatic rings. The maximum absolute atomic E-state index is 5.79. The van der Waals surface area contributed by atoms with Crippen molar-refractivity contribution >= 4 is 0 Å². The van der Waals surface area contributed by atoms with Gasteiger partial charge in [-0.05, 0) is 51.5 Å². The van der Waals surface area contributed by atoms with E-state index in [1.165, 1.54) is 32.4 Å². The molecular weight excluding hydrogens is 250 g/mol. The van der Waals surface area contributed by atoms with E-state index >= 15 is 0 Å². The third-order valence-electron chi connectivity index (χ3n) is 4.00. The smallest absolute Gasteiger partial charge is 0.137 e. The summed E-state index contributed by atoms with van der Waals surface area (Å²) in [4.78, 5) is 6.97. The number of hydrogen-bond acceptors (Lipinski definition) is 4. The molecule has 1 fully saturated rings. The summed E-state index contributed by atoms with van der Waals surface area (Å²) in [5, 5.41) is 3.26. The monoisotopic (exact) mass is 277 g/mol. The molecule has 20 heavy (non-hydrogen) atoms. The van der Waals surface area contributed by atoms with E-state index in [1.54, 1.807) is 0 Å². The highest BCUT2D eigenvalue weighted by molar-refractivity contribution is 5.21. The Morgan fingerprint density at radius 2 is 2.10 bits per heavy atom. The predicted molar refractivity (Wildman–Crippen MR) is 82.1 cm³/mol. The lowest BCUT2D eigenvalue weighted by atomic mass is 10.1. The molecular formula is C16H27N3O. The van der Waals surface area contributed by atoms with Gasteiger partial charge in [0.1, 0.15) is 12.4 Å². The summed E-state index contributed by atoms with van der Waals surface area (Å²) in [5.41, 5.74) is 1.08. The molecule has 2 rings (SSSR count). The predicted octanol–water partition coefficient (Wildman–Crippen LogP) is 2.62. The largest absolute Gasteiger partial charge is 0.491 e. The van der Waals surface area contributed by atoms with Gasteiger partial charge in [-0.2, -0.15) is 0 Å². The van der Waals surface area contributed by atoms with Crippen molar-refractivity contribution in [3.8, 4) is 5.75 Å². The van der Waals surface area contributed by atoms with Gasteiger partial charge in [-0.1, -0.05) is 13.3 Å². The first kappa shape index (κ1) is 15.3. The Hall–Kier alpha value is -1.13. The number of ether oxygens (including phenoxy) is 1. The minimum absolute atomic E-state index is 0.331. The van der Waals surface area contributed by atoms with Crippen LogP contribution in [-0.2, 0) is 0 Å². The van der Waals surface area contributed by atoms with Gasteiger partial charge in [0.15, 0.2) is 0 Å². The molecule has 1 unspecified atom stereocenters. The van der Waals surface area contributed by atoms with Crippen LogP contribution in [0.2, 0.25) is 0 Å². The maximum atomic E-state index is 5.79. The summed E-state index contributed by atoms with van der Waals surface area (Å²) in [6, 6.07) is 4.41. The van der Waals surface area contributed by atoms with Crippen LogP contribution in [0.15, 0.2) is 18.3 Å². The highest BCUT2D eigenvalue weighted by Gasteiger charge is 2.10. The summed E-state index contributed by atoms with van der Waals surface area (Å²) in [5.74, 6) is 0.872. The van der Waals surface area contributed by atoms with Crippen LogP contribution in [0.25, 0.3) is 0 Å². The molecule has 1 aliphatic rings. The van der Waals surface area contributed by atoms with Crippen LogP contribution in [0.3, 0.4) is 0 Å². The molecule has 4 nitrogen and oxygen atoms in total. The Kier molecular flexibility index (Phi) is 6.27. The third-order valence-corrected chi connectivity index (χ3v) is 4.00. The molecule has 2 heterocycles. The van der Waals surface area contributed by atoms with Gasteiger partial charge in [0.05, 0.1) is 11.9 Å². The minimum atomic E-state index is 0.331. The Morgan fingerprint density at radius 1 is 1.30 bits per heavy atom. The summed E-state index contributed by atoms with van der Waals surface area (Å²) < 4.78 is 5.79. The first-order valence-corrected chi connectivity index (χ1v) is 7.82. The second-order valence-electron chi connectivity index (χ2n) is 5.42. The molecule has 0 amide bonds. The van der Waals surface area contributed by atoms with Crippen LogP contribution in [-0.4, -0.2) is 43.2 Å². The second-order valence-corrected chi connectivity index (χ2v) is 5.42. The number of likely N-dealkylation sites (tertiary alicyclic amines) is 1.